The van der Waals surface area contributed by atoms with Gasteiger partial charge in [0.2, 0.25) is 5.89 Å². The van der Waals surface area contributed by atoms with Crippen molar-refractivity contribution in [2.24, 2.45) is 0 Å². The van der Waals surface area contributed by atoms with Crippen LogP contribution in [0.15, 0.2) is 34.9 Å². The number of rotatable bonds is 6. The maximum atomic E-state index is 13.3. The summed E-state index contributed by atoms with van der Waals surface area (Å²) in [6, 6.07) is 6.80. The summed E-state index contributed by atoms with van der Waals surface area (Å²) in [6.45, 7) is 1.34. The third kappa shape index (κ3) is 4.18. The molecule has 3 rings (SSSR count). The van der Waals surface area contributed by atoms with Crippen molar-refractivity contribution in [3.63, 3.8) is 0 Å². The van der Waals surface area contributed by atoms with Gasteiger partial charge in [0.15, 0.2) is 5.76 Å². The largest absolute Gasteiger partial charge is 0.439 e. The van der Waals surface area contributed by atoms with Gasteiger partial charge in [-0.05, 0) is 25.0 Å². The van der Waals surface area contributed by atoms with Crippen LogP contribution >= 0.6 is 0 Å². The Bertz CT molecular complexity index is 623. The van der Waals surface area contributed by atoms with Gasteiger partial charge in [-0.25, -0.2) is 9.37 Å². The smallest absolute Gasteiger partial charge is 0.209 e. The van der Waals surface area contributed by atoms with E-state index in [4.69, 9.17) is 4.42 Å². The van der Waals surface area contributed by atoms with Crippen LogP contribution in [0.25, 0.3) is 11.3 Å². The van der Waals surface area contributed by atoms with E-state index in [1.807, 2.05) is 0 Å². The lowest BCUT2D eigenvalue weighted by Gasteiger charge is -2.32. The number of oxazole rings is 1. The van der Waals surface area contributed by atoms with Crippen molar-refractivity contribution in [1.82, 2.24) is 9.88 Å². The molecule has 1 N–H and O–H groups in total. The Morgan fingerprint density at radius 3 is 2.83 bits per heavy atom. The first-order valence-corrected chi connectivity index (χ1v) is 8.32. The molecule has 0 unspecified atom stereocenters. The summed E-state index contributed by atoms with van der Waals surface area (Å²) in [4.78, 5) is 6.58. The second-order valence-corrected chi connectivity index (χ2v) is 6.11. The standard InChI is InChI=1S/C18H23FN2O2/c19-15-6-4-5-14(11-15)17-12-20-18(23-17)13-21(9-10-22)16-7-2-1-3-8-16/h4-6,11-12,16,22H,1-3,7-10,13H2. The fraction of sp³-hybridized carbons (Fsp3) is 0.500. The first-order chi connectivity index (χ1) is 11.3. The van der Waals surface area contributed by atoms with Gasteiger partial charge in [0.1, 0.15) is 5.82 Å². The highest BCUT2D eigenvalue weighted by molar-refractivity contribution is 5.56. The van der Waals surface area contributed by atoms with E-state index < -0.39 is 0 Å². The molecule has 1 aliphatic rings. The van der Waals surface area contributed by atoms with Gasteiger partial charge >= 0.3 is 0 Å². The number of hydrogen-bond donors (Lipinski definition) is 1. The van der Waals surface area contributed by atoms with Gasteiger partial charge in [0.05, 0.1) is 19.3 Å². The molecule has 1 fully saturated rings. The Labute approximate surface area is 136 Å². The highest BCUT2D eigenvalue weighted by atomic mass is 19.1. The molecule has 0 saturated heterocycles. The number of hydrogen-bond acceptors (Lipinski definition) is 4. The minimum Gasteiger partial charge on any atom is -0.439 e. The summed E-state index contributed by atoms with van der Waals surface area (Å²) in [5.41, 5.74) is 0.690. The normalized spacial score (nSPS) is 16.1. The van der Waals surface area contributed by atoms with Crippen LogP contribution < -0.4 is 0 Å². The molecule has 1 aromatic carbocycles. The number of nitrogens with zero attached hydrogens (tertiary/aromatic N) is 2. The first-order valence-electron chi connectivity index (χ1n) is 8.32. The van der Waals surface area contributed by atoms with Crippen LogP contribution in [-0.2, 0) is 6.54 Å². The summed E-state index contributed by atoms with van der Waals surface area (Å²) in [5.74, 6) is 0.903. The zero-order chi connectivity index (χ0) is 16.1. The second-order valence-electron chi connectivity index (χ2n) is 6.11. The maximum absolute atomic E-state index is 13.3. The van der Waals surface area contributed by atoms with E-state index in [-0.39, 0.29) is 12.4 Å². The summed E-state index contributed by atoms with van der Waals surface area (Å²) >= 11 is 0. The van der Waals surface area contributed by atoms with Crippen molar-refractivity contribution in [2.45, 2.75) is 44.7 Å². The SMILES string of the molecule is OCCN(Cc1ncc(-c2cccc(F)c2)o1)C1CCCCC1. The molecule has 1 heterocycles. The monoisotopic (exact) mass is 318 g/mol. The van der Waals surface area contributed by atoms with Gasteiger partial charge < -0.3 is 9.52 Å². The minimum absolute atomic E-state index is 0.133. The summed E-state index contributed by atoms with van der Waals surface area (Å²) in [7, 11) is 0. The molecular weight excluding hydrogens is 295 g/mol. The number of aliphatic hydroxyl groups is 1. The van der Waals surface area contributed by atoms with Crippen molar-refractivity contribution in [3.05, 3.63) is 42.2 Å². The van der Waals surface area contributed by atoms with Crippen molar-refractivity contribution in [3.8, 4) is 11.3 Å². The van der Waals surface area contributed by atoms with E-state index in [1.165, 1.54) is 31.4 Å². The Morgan fingerprint density at radius 1 is 1.26 bits per heavy atom. The Hall–Kier alpha value is -1.72. The molecule has 124 valence electrons. The average Bonchev–Trinajstić information content (AvgIpc) is 3.04. The van der Waals surface area contributed by atoms with E-state index in [2.05, 4.69) is 9.88 Å². The van der Waals surface area contributed by atoms with Crippen LogP contribution in [-0.4, -0.2) is 34.2 Å². The van der Waals surface area contributed by atoms with Crippen molar-refractivity contribution >= 4 is 0 Å². The molecule has 0 radical (unpaired) electrons. The molecule has 0 amide bonds. The molecule has 5 heteroatoms. The highest BCUT2D eigenvalue weighted by Crippen LogP contribution is 2.25. The fourth-order valence-electron chi connectivity index (χ4n) is 3.30. The van der Waals surface area contributed by atoms with Gasteiger partial charge in [-0.2, -0.15) is 0 Å². The maximum Gasteiger partial charge on any atom is 0.209 e. The lowest BCUT2D eigenvalue weighted by Crippen LogP contribution is -2.38. The molecule has 0 atom stereocenters. The zero-order valence-electron chi connectivity index (χ0n) is 13.2. The third-order valence-corrected chi connectivity index (χ3v) is 4.48. The van der Waals surface area contributed by atoms with E-state index in [0.717, 1.165) is 12.8 Å². The van der Waals surface area contributed by atoms with Crippen LogP contribution in [0, 0.1) is 5.82 Å². The van der Waals surface area contributed by atoms with Crippen molar-refractivity contribution in [2.75, 3.05) is 13.2 Å². The van der Waals surface area contributed by atoms with Crippen LogP contribution in [0.1, 0.15) is 38.0 Å². The van der Waals surface area contributed by atoms with Gasteiger partial charge in [-0.1, -0.05) is 31.4 Å². The number of aromatic nitrogens is 1. The van der Waals surface area contributed by atoms with E-state index in [0.29, 0.717) is 36.3 Å². The molecular formula is C18H23FN2O2. The highest BCUT2D eigenvalue weighted by Gasteiger charge is 2.22. The minimum atomic E-state index is -0.287. The summed E-state index contributed by atoms with van der Waals surface area (Å²) in [5, 5.41) is 9.32. The predicted octanol–water partition coefficient (Wildman–Crippen LogP) is 3.61. The molecule has 23 heavy (non-hydrogen) atoms. The Balaban J connectivity index is 1.71. The average molecular weight is 318 g/mol. The van der Waals surface area contributed by atoms with E-state index >= 15 is 0 Å². The van der Waals surface area contributed by atoms with Crippen molar-refractivity contribution < 1.29 is 13.9 Å². The number of benzene rings is 1. The fourth-order valence-corrected chi connectivity index (χ4v) is 3.30. The molecule has 1 aliphatic carbocycles. The topological polar surface area (TPSA) is 49.5 Å². The Kier molecular flexibility index (Phi) is 5.41. The van der Waals surface area contributed by atoms with Crippen LogP contribution in [0.4, 0.5) is 4.39 Å². The van der Waals surface area contributed by atoms with Crippen LogP contribution in [0.5, 0.6) is 0 Å². The van der Waals surface area contributed by atoms with Gasteiger partial charge in [0.25, 0.3) is 0 Å². The Morgan fingerprint density at radius 2 is 2.09 bits per heavy atom. The summed E-state index contributed by atoms with van der Waals surface area (Å²) in [6.07, 6.45) is 7.75. The van der Waals surface area contributed by atoms with Crippen molar-refractivity contribution in [1.29, 1.82) is 0 Å². The zero-order valence-corrected chi connectivity index (χ0v) is 13.2. The molecule has 1 aromatic heterocycles. The first kappa shape index (κ1) is 16.1. The van der Waals surface area contributed by atoms with Gasteiger partial charge in [0, 0.05) is 18.2 Å². The predicted molar refractivity (Wildman–Crippen MR) is 86.3 cm³/mol. The third-order valence-electron chi connectivity index (χ3n) is 4.48. The lowest BCUT2D eigenvalue weighted by atomic mass is 9.94. The second kappa shape index (κ2) is 7.70. The van der Waals surface area contributed by atoms with Gasteiger partial charge in [-0.3, -0.25) is 4.90 Å². The summed E-state index contributed by atoms with van der Waals surface area (Å²) < 4.78 is 19.1. The molecule has 0 bridgehead atoms. The lowest BCUT2D eigenvalue weighted by molar-refractivity contribution is 0.108. The van der Waals surface area contributed by atoms with E-state index in [9.17, 15) is 9.50 Å². The number of aliphatic hydroxyl groups excluding tert-OH is 1. The number of halogens is 1. The molecule has 0 aliphatic heterocycles. The van der Waals surface area contributed by atoms with E-state index in [1.54, 1.807) is 18.3 Å². The molecule has 4 nitrogen and oxygen atoms in total. The molecule has 2 aromatic rings. The quantitative estimate of drug-likeness (QED) is 0.884. The van der Waals surface area contributed by atoms with Gasteiger partial charge in [-0.15, -0.1) is 0 Å². The molecule has 1 saturated carbocycles. The van der Waals surface area contributed by atoms with Crippen LogP contribution in [0.2, 0.25) is 0 Å². The van der Waals surface area contributed by atoms with Crippen LogP contribution in [0.3, 0.4) is 0 Å². The molecule has 0 spiro atoms.